The van der Waals surface area contributed by atoms with Crippen molar-refractivity contribution in [2.45, 2.75) is 32.2 Å². The Balaban J connectivity index is 1.49. The molecule has 1 saturated carbocycles. The van der Waals surface area contributed by atoms with Crippen molar-refractivity contribution in [1.29, 1.82) is 0 Å². The molecule has 1 aromatic rings. The minimum atomic E-state index is 0.111. The van der Waals surface area contributed by atoms with E-state index in [9.17, 15) is 4.79 Å². The molecule has 1 aliphatic heterocycles. The van der Waals surface area contributed by atoms with Crippen molar-refractivity contribution in [2.24, 2.45) is 5.92 Å². The molecule has 114 valence electrons. The van der Waals surface area contributed by atoms with Gasteiger partial charge in [0, 0.05) is 38.4 Å². The second-order valence-corrected chi connectivity index (χ2v) is 5.99. The Kier molecular flexibility index (Phi) is 4.27. The number of aromatic nitrogens is 1. The summed E-state index contributed by atoms with van der Waals surface area (Å²) in [5, 5.41) is 3.21. The van der Waals surface area contributed by atoms with Crippen molar-refractivity contribution in [2.75, 3.05) is 31.1 Å². The third-order valence-electron chi connectivity index (χ3n) is 4.52. The highest BCUT2D eigenvalue weighted by Gasteiger charge is 2.32. The number of carbonyl (C=O) groups is 1. The molecule has 0 bridgehead atoms. The number of nitrogens with zero attached hydrogens (tertiary/aromatic N) is 3. The zero-order chi connectivity index (χ0) is 14.7. The van der Waals surface area contributed by atoms with Gasteiger partial charge in [-0.1, -0.05) is 6.92 Å². The predicted octanol–water partition coefficient (Wildman–Crippen LogP) is 2.10. The number of nitrogens with one attached hydrogen (secondary N) is 1. The van der Waals surface area contributed by atoms with Gasteiger partial charge < -0.3 is 15.1 Å². The lowest BCUT2D eigenvalue weighted by molar-refractivity contribution is 0.188. The maximum Gasteiger partial charge on any atom is 0.317 e. The fourth-order valence-corrected chi connectivity index (χ4v) is 3.01. The summed E-state index contributed by atoms with van der Waals surface area (Å²) in [7, 11) is 0. The van der Waals surface area contributed by atoms with Gasteiger partial charge in [-0.3, -0.25) is 4.98 Å². The Hall–Kier alpha value is -1.78. The first-order valence-corrected chi connectivity index (χ1v) is 7.98. The van der Waals surface area contributed by atoms with Gasteiger partial charge in [-0.2, -0.15) is 0 Å². The number of piperazine rings is 1. The topological polar surface area (TPSA) is 48.5 Å². The SMILES string of the molecule is CC[C@@H](NC(=O)N1CCN(c2cccnc2)CC1)C1CC1. The van der Waals surface area contributed by atoms with Crippen molar-refractivity contribution >= 4 is 11.7 Å². The summed E-state index contributed by atoms with van der Waals surface area (Å²) in [6.07, 6.45) is 7.25. The Morgan fingerprint density at radius 3 is 2.71 bits per heavy atom. The average Bonchev–Trinajstić information content (AvgIpc) is 3.38. The number of amides is 2. The average molecular weight is 288 g/mol. The number of anilines is 1. The van der Waals surface area contributed by atoms with E-state index in [-0.39, 0.29) is 6.03 Å². The van der Waals surface area contributed by atoms with Crippen LogP contribution in [-0.4, -0.2) is 48.1 Å². The summed E-state index contributed by atoms with van der Waals surface area (Å²) >= 11 is 0. The first-order valence-electron chi connectivity index (χ1n) is 7.98. The van der Waals surface area contributed by atoms with E-state index in [1.165, 1.54) is 12.8 Å². The van der Waals surface area contributed by atoms with Crippen LogP contribution in [0.2, 0.25) is 0 Å². The highest BCUT2D eigenvalue weighted by Crippen LogP contribution is 2.34. The van der Waals surface area contributed by atoms with Crippen molar-refractivity contribution in [3.63, 3.8) is 0 Å². The van der Waals surface area contributed by atoms with Gasteiger partial charge in [-0.15, -0.1) is 0 Å². The Labute approximate surface area is 126 Å². The van der Waals surface area contributed by atoms with Crippen LogP contribution in [0.25, 0.3) is 0 Å². The molecule has 1 aliphatic carbocycles. The van der Waals surface area contributed by atoms with Crippen molar-refractivity contribution in [1.82, 2.24) is 15.2 Å². The first kappa shape index (κ1) is 14.2. The molecule has 0 radical (unpaired) electrons. The highest BCUT2D eigenvalue weighted by atomic mass is 16.2. The molecule has 5 heteroatoms. The number of hydrogen-bond donors (Lipinski definition) is 1. The number of pyridine rings is 1. The van der Waals surface area contributed by atoms with Gasteiger partial charge in [0.15, 0.2) is 0 Å². The van der Waals surface area contributed by atoms with E-state index >= 15 is 0 Å². The maximum absolute atomic E-state index is 12.3. The molecule has 2 heterocycles. The van der Waals surface area contributed by atoms with Crippen molar-refractivity contribution in [3.05, 3.63) is 24.5 Å². The van der Waals surface area contributed by atoms with Crippen molar-refractivity contribution < 1.29 is 4.79 Å². The van der Waals surface area contributed by atoms with Crippen LogP contribution in [-0.2, 0) is 0 Å². The smallest absolute Gasteiger partial charge is 0.317 e. The van der Waals surface area contributed by atoms with Gasteiger partial charge in [0.05, 0.1) is 11.9 Å². The van der Waals surface area contributed by atoms with Gasteiger partial charge in [0.25, 0.3) is 0 Å². The van der Waals surface area contributed by atoms with Crippen LogP contribution in [0.3, 0.4) is 0 Å². The van der Waals surface area contributed by atoms with Crippen LogP contribution in [0, 0.1) is 5.92 Å². The summed E-state index contributed by atoms with van der Waals surface area (Å²) in [6, 6.07) is 4.51. The normalized spacial score (nSPS) is 20.2. The minimum Gasteiger partial charge on any atom is -0.367 e. The molecule has 2 aliphatic rings. The Bertz CT molecular complexity index is 466. The molecule has 1 atom stereocenters. The molecule has 0 unspecified atom stereocenters. The minimum absolute atomic E-state index is 0.111. The molecule has 0 aromatic carbocycles. The van der Waals surface area contributed by atoms with Crippen LogP contribution in [0.15, 0.2) is 24.5 Å². The van der Waals surface area contributed by atoms with Gasteiger partial charge in [-0.25, -0.2) is 4.79 Å². The zero-order valence-corrected chi connectivity index (χ0v) is 12.7. The molecule has 3 rings (SSSR count). The molecule has 21 heavy (non-hydrogen) atoms. The van der Waals surface area contributed by atoms with E-state index in [1.54, 1.807) is 6.20 Å². The van der Waals surface area contributed by atoms with E-state index in [0.717, 1.165) is 44.2 Å². The molecular formula is C16H24N4O. The fraction of sp³-hybridized carbons (Fsp3) is 0.625. The predicted molar refractivity (Wildman–Crippen MR) is 83.4 cm³/mol. The second-order valence-electron chi connectivity index (χ2n) is 5.99. The van der Waals surface area contributed by atoms with Crippen LogP contribution < -0.4 is 10.2 Å². The van der Waals surface area contributed by atoms with Crippen LogP contribution in [0.1, 0.15) is 26.2 Å². The Morgan fingerprint density at radius 1 is 1.38 bits per heavy atom. The monoisotopic (exact) mass is 288 g/mol. The summed E-state index contributed by atoms with van der Waals surface area (Å²) in [6.45, 7) is 5.46. The molecule has 0 spiro atoms. The third kappa shape index (κ3) is 3.46. The van der Waals surface area contributed by atoms with E-state index in [2.05, 4.69) is 28.2 Å². The molecule has 1 N–H and O–H groups in total. The lowest BCUT2D eigenvalue weighted by atomic mass is 10.1. The molecule has 1 aromatic heterocycles. The second kappa shape index (κ2) is 6.33. The summed E-state index contributed by atoms with van der Waals surface area (Å²) in [4.78, 5) is 20.7. The van der Waals surface area contributed by atoms with E-state index in [0.29, 0.717) is 6.04 Å². The van der Waals surface area contributed by atoms with Gasteiger partial charge in [0.2, 0.25) is 0 Å². The summed E-state index contributed by atoms with van der Waals surface area (Å²) in [5.41, 5.74) is 1.14. The van der Waals surface area contributed by atoms with E-state index < -0.39 is 0 Å². The zero-order valence-electron chi connectivity index (χ0n) is 12.7. The summed E-state index contributed by atoms with van der Waals surface area (Å²) < 4.78 is 0. The van der Waals surface area contributed by atoms with Crippen LogP contribution >= 0.6 is 0 Å². The molecule has 1 saturated heterocycles. The quantitative estimate of drug-likeness (QED) is 0.923. The maximum atomic E-state index is 12.3. The lowest BCUT2D eigenvalue weighted by Crippen LogP contribution is -2.53. The number of urea groups is 1. The molecule has 2 fully saturated rings. The molecule has 5 nitrogen and oxygen atoms in total. The van der Waals surface area contributed by atoms with Crippen LogP contribution in [0.5, 0.6) is 0 Å². The lowest BCUT2D eigenvalue weighted by Gasteiger charge is -2.36. The van der Waals surface area contributed by atoms with E-state index in [1.807, 2.05) is 17.2 Å². The highest BCUT2D eigenvalue weighted by molar-refractivity contribution is 5.75. The van der Waals surface area contributed by atoms with E-state index in [4.69, 9.17) is 0 Å². The number of carbonyl (C=O) groups excluding carboxylic acids is 1. The van der Waals surface area contributed by atoms with Gasteiger partial charge in [0.1, 0.15) is 0 Å². The van der Waals surface area contributed by atoms with Gasteiger partial charge in [-0.05, 0) is 37.3 Å². The standard InChI is InChI=1S/C16H24N4O/c1-2-15(13-5-6-13)18-16(21)20-10-8-19(9-11-20)14-4-3-7-17-12-14/h3-4,7,12-13,15H,2,5-6,8-11H2,1H3,(H,18,21)/t15-/m1/s1. The van der Waals surface area contributed by atoms with Gasteiger partial charge >= 0.3 is 6.03 Å². The molecular weight excluding hydrogens is 264 g/mol. The summed E-state index contributed by atoms with van der Waals surface area (Å²) in [5.74, 6) is 0.718. The Morgan fingerprint density at radius 2 is 2.14 bits per heavy atom. The van der Waals surface area contributed by atoms with Crippen LogP contribution in [0.4, 0.5) is 10.5 Å². The molecule has 2 amide bonds. The third-order valence-corrected chi connectivity index (χ3v) is 4.52. The largest absolute Gasteiger partial charge is 0.367 e. The fourth-order valence-electron chi connectivity index (χ4n) is 3.01. The first-order chi connectivity index (χ1) is 10.3. The number of rotatable bonds is 4. The van der Waals surface area contributed by atoms with Crippen molar-refractivity contribution in [3.8, 4) is 0 Å². The number of hydrogen-bond acceptors (Lipinski definition) is 3.